The summed E-state index contributed by atoms with van der Waals surface area (Å²) in [5.41, 5.74) is 3.88. The number of aryl methyl sites for hydroxylation is 2. The number of ether oxygens (including phenoxy) is 2. The van der Waals surface area contributed by atoms with Gasteiger partial charge in [-0.2, -0.15) is 0 Å². The Bertz CT molecular complexity index is 688. The standard InChI is InChI=1S/C23H29FO2/c1-3-4-5-19-15-25-23(26-16-19)13-9-18-7-11-20(12-8-18)21-10-6-17(2)22(24)14-21/h6-8,10-12,14,19,23H,3-5,9,13,15-16H2,1-2H3. The van der Waals surface area contributed by atoms with Gasteiger partial charge in [0.25, 0.3) is 0 Å². The molecule has 0 amide bonds. The molecule has 2 nitrogen and oxygen atoms in total. The highest BCUT2D eigenvalue weighted by Crippen LogP contribution is 2.24. The molecule has 0 spiro atoms. The Kier molecular flexibility index (Phi) is 6.81. The molecule has 26 heavy (non-hydrogen) atoms. The Hall–Kier alpha value is -1.71. The van der Waals surface area contributed by atoms with Crippen LogP contribution in [0.2, 0.25) is 0 Å². The van der Waals surface area contributed by atoms with Gasteiger partial charge in [0.1, 0.15) is 5.82 Å². The Morgan fingerprint density at radius 2 is 1.65 bits per heavy atom. The number of hydrogen-bond acceptors (Lipinski definition) is 2. The minimum absolute atomic E-state index is 0.0845. The van der Waals surface area contributed by atoms with E-state index in [-0.39, 0.29) is 12.1 Å². The van der Waals surface area contributed by atoms with Gasteiger partial charge in [0.15, 0.2) is 6.29 Å². The molecule has 0 unspecified atom stereocenters. The van der Waals surface area contributed by atoms with Crippen molar-refractivity contribution in [2.24, 2.45) is 5.92 Å². The molecule has 1 aliphatic rings. The summed E-state index contributed by atoms with van der Waals surface area (Å²) in [5.74, 6) is 0.399. The fourth-order valence-corrected chi connectivity index (χ4v) is 3.33. The number of hydrogen-bond donors (Lipinski definition) is 0. The smallest absolute Gasteiger partial charge is 0.157 e. The quantitative estimate of drug-likeness (QED) is 0.614. The molecule has 1 heterocycles. The van der Waals surface area contributed by atoms with E-state index in [1.807, 2.05) is 12.1 Å². The molecular formula is C23H29FO2. The van der Waals surface area contributed by atoms with Crippen LogP contribution in [0.15, 0.2) is 42.5 Å². The van der Waals surface area contributed by atoms with E-state index in [2.05, 4.69) is 31.2 Å². The van der Waals surface area contributed by atoms with E-state index in [0.29, 0.717) is 11.5 Å². The van der Waals surface area contributed by atoms with E-state index in [0.717, 1.165) is 37.2 Å². The van der Waals surface area contributed by atoms with Crippen molar-refractivity contribution in [3.8, 4) is 11.1 Å². The Morgan fingerprint density at radius 3 is 2.31 bits per heavy atom. The zero-order valence-electron chi connectivity index (χ0n) is 15.8. The van der Waals surface area contributed by atoms with Crippen LogP contribution < -0.4 is 0 Å². The third-order valence-corrected chi connectivity index (χ3v) is 5.13. The molecule has 0 bridgehead atoms. The Morgan fingerprint density at radius 1 is 0.962 bits per heavy atom. The lowest BCUT2D eigenvalue weighted by Crippen LogP contribution is -2.32. The first-order valence-electron chi connectivity index (χ1n) is 9.74. The number of benzene rings is 2. The Balaban J connectivity index is 1.48. The monoisotopic (exact) mass is 356 g/mol. The van der Waals surface area contributed by atoms with Gasteiger partial charge in [-0.15, -0.1) is 0 Å². The summed E-state index contributed by atoms with van der Waals surface area (Å²) in [6.07, 6.45) is 5.39. The topological polar surface area (TPSA) is 18.5 Å². The van der Waals surface area contributed by atoms with Crippen LogP contribution in [0.4, 0.5) is 4.39 Å². The predicted octanol–water partition coefficient (Wildman–Crippen LogP) is 5.91. The van der Waals surface area contributed by atoms with Gasteiger partial charge < -0.3 is 9.47 Å². The molecule has 2 aromatic carbocycles. The molecule has 1 aliphatic heterocycles. The zero-order valence-corrected chi connectivity index (χ0v) is 15.8. The van der Waals surface area contributed by atoms with Crippen LogP contribution in [0, 0.1) is 18.7 Å². The molecule has 3 heteroatoms. The van der Waals surface area contributed by atoms with Crippen molar-refractivity contribution in [1.82, 2.24) is 0 Å². The maximum absolute atomic E-state index is 13.7. The molecule has 0 saturated carbocycles. The van der Waals surface area contributed by atoms with E-state index in [9.17, 15) is 4.39 Å². The van der Waals surface area contributed by atoms with Gasteiger partial charge in [-0.05, 0) is 48.1 Å². The minimum atomic E-state index is -0.157. The fraction of sp³-hybridized carbons (Fsp3) is 0.478. The van der Waals surface area contributed by atoms with E-state index >= 15 is 0 Å². The molecule has 140 valence electrons. The maximum Gasteiger partial charge on any atom is 0.157 e. The van der Waals surface area contributed by atoms with Crippen LogP contribution in [-0.2, 0) is 15.9 Å². The summed E-state index contributed by atoms with van der Waals surface area (Å²) in [4.78, 5) is 0. The van der Waals surface area contributed by atoms with Gasteiger partial charge >= 0.3 is 0 Å². The minimum Gasteiger partial charge on any atom is -0.352 e. The highest BCUT2D eigenvalue weighted by molar-refractivity contribution is 5.64. The molecule has 0 aliphatic carbocycles. The van der Waals surface area contributed by atoms with Crippen molar-refractivity contribution in [3.63, 3.8) is 0 Å². The SMILES string of the molecule is CCCCC1COC(CCc2ccc(-c3ccc(C)c(F)c3)cc2)OC1. The Labute approximate surface area is 156 Å². The molecule has 3 rings (SSSR count). The van der Waals surface area contributed by atoms with Crippen molar-refractivity contribution in [2.45, 2.75) is 52.2 Å². The van der Waals surface area contributed by atoms with Crippen molar-refractivity contribution >= 4 is 0 Å². The van der Waals surface area contributed by atoms with E-state index in [1.165, 1.54) is 24.8 Å². The van der Waals surface area contributed by atoms with Crippen LogP contribution in [0.1, 0.15) is 43.7 Å². The number of rotatable bonds is 7. The second kappa shape index (κ2) is 9.29. The largest absolute Gasteiger partial charge is 0.352 e. The van der Waals surface area contributed by atoms with E-state index in [4.69, 9.17) is 9.47 Å². The molecule has 0 radical (unpaired) electrons. The molecular weight excluding hydrogens is 327 g/mol. The van der Waals surface area contributed by atoms with Crippen molar-refractivity contribution < 1.29 is 13.9 Å². The fourth-order valence-electron chi connectivity index (χ4n) is 3.33. The third-order valence-electron chi connectivity index (χ3n) is 5.13. The van der Waals surface area contributed by atoms with Crippen LogP contribution in [0.5, 0.6) is 0 Å². The van der Waals surface area contributed by atoms with E-state index < -0.39 is 0 Å². The summed E-state index contributed by atoms with van der Waals surface area (Å²) < 4.78 is 25.5. The van der Waals surface area contributed by atoms with Crippen molar-refractivity contribution in [1.29, 1.82) is 0 Å². The van der Waals surface area contributed by atoms with Gasteiger partial charge in [0, 0.05) is 12.3 Å². The first kappa shape index (κ1) is 19.1. The molecule has 1 fully saturated rings. The molecule has 1 saturated heterocycles. The average molecular weight is 356 g/mol. The van der Waals surface area contributed by atoms with Crippen LogP contribution >= 0.6 is 0 Å². The van der Waals surface area contributed by atoms with Crippen molar-refractivity contribution in [3.05, 3.63) is 59.4 Å². The normalized spacial score (nSPS) is 20.3. The summed E-state index contributed by atoms with van der Waals surface area (Å²) in [5, 5.41) is 0. The number of halogens is 1. The maximum atomic E-state index is 13.7. The van der Waals surface area contributed by atoms with Gasteiger partial charge in [0.05, 0.1) is 13.2 Å². The first-order valence-corrected chi connectivity index (χ1v) is 9.74. The second-order valence-electron chi connectivity index (χ2n) is 7.30. The predicted molar refractivity (Wildman–Crippen MR) is 104 cm³/mol. The third kappa shape index (κ3) is 5.15. The van der Waals surface area contributed by atoms with Gasteiger partial charge in [-0.25, -0.2) is 4.39 Å². The van der Waals surface area contributed by atoms with Crippen LogP contribution in [0.3, 0.4) is 0 Å². The summed E-state index contributed by atoms with van der Waals surface area (Å²) >= 11 is 0. The molecule has 0 atom stereocenters. The lowest BCUT2D eigenvalue weighted by atomic mass is 10.0. The lowest BCUT2D eigenvalue weighted by Gasteiger charge is -2.29. The van der Waals surface area contributed by atoms with Gasteiger partial charge in [0.2, 0.25) is 0 Å². The molecule has 0 N–H and O–H groups in total. The second-order valence-corrected chi connectivity index (χ2v) is 7.30. The molecule has 0 aromatic heterocycles. The molecule has 2 aromatic rings. The van der Waals surface area contributed by atoms with Crippen LogP contribution in [-0.4, -0.2) is 19.5 Å². The summed E-state index contributed by atoms with van der Waals surface area (Å²) in [7, 11) is 0. The zero-order chi connectivity index (χ0) is 18.4. The number of unbranched alkanes of at least 4 members (excludes halogenated alkanes) is 1. The van der Waals surface area contributed by atoms with Gasteiger partial charge in [-0.3, -0.25) is 0 Å². The average Bonchev–Trinajstić information content (AvgIpc) is 2.68. The summed E-state index contributed by atoms with van der Waals surface area (Å²) in [6.45, 7) is 5.64. The first-order chi connectivity index (χ1) is 12.7. The summed E-state index contributed by atoms with van der Waals surface area (Å²) in [6, 6.07) is 13.7. The lowest BCUT2D eigenvalue weighted by molar-refractivity contribution is -0.203. The van der Waals surface area contributed by atoms with Gasteiger partial charge in [-0.1, -0.05) is 56.2 Å². The van der Waals surface area contributed by atoms with E-state index in [1.54, 1.807) is 13.0 Å². The highest BCUT2D eigenvalue weighted by atomic mass is 19.1. The highest BCUT2D eigenvalue weighted by Gasteiger charge is 2.21. The van der Waals surface area contributed by atoms with Crippen LogP contribution in [0.25, 0.3) is 11.1 Å². The van der Waals surface area contributed by atoms with Crippen molar-refractivity contribution in [2.75, 3.05) is 13.2 Å².